The number of aryl methyl sites for hydroxylation is 1. The van der Waals surface area contributed by atoms with E-state index in [-0.39, 0.29) is 5.82 Å². The summed E-state index contributed by atoms with van der Waals surface area (Å²) in [6.45, 7) is 1.92. The molecule has 0 bridgehead atoms. The summed E-state index contributed by atoms with van der Waals surface area (Å²) in [5, 5.41) is 2.34. The van der Waals surface area contributed by atoms with E-state index in [1.807, 2.05) is 31.3 Å². The van der Waals surface area contributed by atoms with Gasteiger partial charge in [0.05, 0.1) is 5.69 Å². The SMILES string of the molecule is Cc1cc(F)ccc1-c1[nH]cc2ccccc12. The van der Waals surface area contributed by atoms with Gasteiger partial charge in [0.15, 0.2) is 0 Å². The second-order valence-electron chi connectivity index (χ2n) is 4.21. The maximum atomic E-state index is 13.1. The molecule has 2 aromatic carbocycles. The van der Waals surface area contributed by atoms with Crippen molar-refractivity contribution in [2.24, 2.45) is 0 Å². The van der Waals surface area contributed by atoms with Crippen LogP contribution in [0.25, 0.3) is 22.0 Å². The molecule has 0 spiro atoms. The molecule has 0 amide bonds. The summed E-state index contributed by atoms with van der Waals surface area (Å²) in [4.78, 5) is 3.27. The van der Waals surface area contributed by atoms with Crippen LogP contribution in [0, 0.1) is 12.7 Å². The molecule has 0 saturated heterocycles. The van der Waals surface area contributed by atoms with Gasteiger partial charge in [-0.1, -0.05) is 24.3 Å². The predicted molar refractivity (Wildman–Crippen MR) is 68.4 cm³/mol. The first-order valence-electron chi connectivity index (χ1n) is 5.58. The summed E-state index contributed by atoms with van der Waals surface area (Å²) in [7, 11) is 0. The molecule has 0 aliphatic heterocycles. The normalized spacial score (nSPS) is 10.9. The van der Waals surface area contributed by atoms with Crippen LogP contribution in [-0.4, -0.2) is 4.98 Å². The Morgan fingerprint density at radius 1 is 1.06 bits per heavy atom. The first-order valence-corrected chi connectivity index (χ1v) is 5.58. The minimum atomic E-state index is -0.192. The molecule has 1 aromatic heterocycles. The Balaban J connectivity index is 2.27. The molecule has 1 heterocycles. The number of rotatable bonds is 1. The van der Waals surface area contributed by atoms with Crippen LogP contribution in [0.15, 0.2) is 48.7 Å². The van der Waals surface area contributed by atoms with Gasteiger partial charge in [-0.15, -0.1) is 0 Å². The summed E-state index contributed by atoms with van der Waals surface area (Å²) in [6.07, 6.45) is 1.98. The van der Waals surface area contributed by atoms with Crippen LogP contribution in [0.4, 0.5) is 4.39 Å². The molecule has 2 heteroatoms. The Kier molecular flexibility index (Phi) is 2.22. The van der Waals surface area contributed by atoms with E-state index < -0.39 is 0 Å². The lowest BCUT2D eigenvalue weighted by atomic mass is 10.0. The van der Waals surface area contributed by atoms with E-state index in [4.69, 9.17) is 0 Å². The Bertz CT molecular complexity index is 682. The Labute approximate surface area is 98.9 Å². The molecule has 0 saturated carbocycles. The van der Waals surface area contributed by atoms with Crippen molar-refractivity contribution >= 4 is 10.8 Å². The molecule has 17 heavy (non-hydrogen) atoms. The van der Waals surface area contributed by atoms with Gasteiger partial charge >= 0.3 is 0 Å². The zero-order chi connectivity index (χ0) is 11.8. The van der Waals surface area contributed by atoms with Crippen LogP contribution in [0.1, 0.15) is 5.56 Å². The third-order valence-electron chi connectivity index (χ3n) is 3.06. The Hall–Kier alpha value is -2.09. The van der Waals surface area contributed by atoms with E-state index in [0.29, 0.717) is 0 Å². The quantitative estimate of drug-likeness (QED) is 0.636. The largest absolute Gasteiger partial charge is 0.360 e. The fourth-order valence-electron chi connectivity index (χ4n) is 2.21. The van der Waals surface area contributed by atoms with Gasteiger partial charge in [-0.25, -0.2) is 4.39 Å². The molecule has 0 unspecified atom stereocenters. The summed E-state index contributed by atoms with van der Waals surface area (Å²) in [5.41, 5.74) is 3.04. The summed E-state index contributed by atoms with van der Waals surface area (Å²) in [5.74, 6) is -0.192. The van der Waals surface area contributed by atoms with Crippen molar-refractivity contribution in [1.29, 1.82) is 0 Å². The number of nitrogens with one attached hydrogen (secondary N) is 1. The maximum absolute atomic E-state index is 13.1. The van der Waals surface area contributed by atoms with E-state index >= 15 is 0 Å². The van der Waals surface area contributed by atoms with Gasteiger partial charge in [-0.3, -0.25) is 0 Å². The number of aromatic amines is 1. The lowest BCUT2D eigenvalue weighted by molar-refractivity contribution is 0.627. The minimum absolute atomic E-state index is 0.192. The highest BCUT2D eigenvalue weighted by Gasteiger charge is 2.08. The molecule has 3 rings (SSSR count). The zero-order valence-corrected chi connectivity index (χ0v) is 9.50. The van der Waals surface area contributed by atoms with Crippen LogP contribution < -0.4 is 0 Å². The number of fused-ring (bicyclic) bond motifs is 1. The molecule has 0 atom stereocenters. The number of aromatic nitrogens is 1. The first kappa shape index (κ1) is 10.1. The third kappa shape index (κ3) is 1.62. The van der Waals surface area contributed by atoms with E-state index in [1.54, 1.807) is 6.07 Å². The van der Waals surface area contributed by atoms with Gasteiger partial charge in [-0.2, -0.15) is 0 Å². The standard InChI is InChI=1S/C15H12FN/c1-10-8-12(16)6-7-13(10)15-14-5-3-2-4-11(14)9-17-15/h2-9,17H,1H3. The number of hydrogen-bond acceptors (Lipinski definition) is 0. The highest BCUT2D eigenvalue weighted by molar-refractivity contribution is 5.96. The molecular weight excluding hydrogens is 213 g/mol. The molecule has 84 valence electrons. The van der Waals surface area contributed by atoms with Gasteiger partial charge in [0.25, 0.3) is 0 Å². The highest BCUT2D eigenvalue weighted by atomic mass is 19.1. The van der Waals surface area contributed by atoms with Crippen molar-refractivity contribution in [3.63, 3.8) is 0 Å². The van der Waals surface area contributed by atoms with Crippen molar-refractivity contribution in [3.8, 4) is 11.3 Å². The van der Waals surface area contributed by atoms with Gasteiger partial charge in [-0.05, 0) is 36.1 Å². The maximum Gasteiger partial charge on any atom is 0.123 e. The minimum Gasteiger partial charge on any atom is -0.360 e. The van der Waals surface area contributed by atoms with Gasteiger partial charge < -0.3 is 4.98 Å². The molecule has 0 radical (unpaired) electrons. The second kappa shape index (κ2) is 3.74. The topological polar surface area (TPSA) is 15.8 Å². The van der Waals surface area contributed by atoms with Crippen LogP contribution >= 0.6 is 0 Å². The lowest BCUT2D eigenvalue weighted by Gasteiger charge is -2.04. The third-order valence-corrected chi connectivity index (χ3v) is 3.06. The molecule has 1 nitrogen and oxygen atoms in total. The van der Waals surface area contributed by atoms with Crippen molar-refractivity contribution in [1.82, 2.24) is 4.98 Å². The Morgan fingerprint density at radius 2 is 1.88 bits per heavy atom. The van der Waals surface area contributed by atoms with Crippen LogP contribution in [0.3, 0.4) is 0 Å². The number of H-pyrrole nitrogens is 1. The van der Waals surface area contributed by atoms with E-state index in [0.717, 1.165) is 16.8 Å². The summed E-state index contributed by atoms with van der Waals surface area (Å²) < 4.78 is 13.1. The fourth-order valence-corrected chi connectivity index (χ4v) is 2.21. The fraction of sp³-hybridized carbons (Fsp3) is 0.0667. The summed E-state index contributed by atoms with van der Waals surface area (Å²) >= 11 is 0. The average Bonchev–Trinajstić information content (AvgIpc) is 2.73. The van der Waals surface area contributed by atoms with Gasteiger partial charge in [0.2, 0.25) is 0 Å². The van der Waals surface area contributed by atoms with Crippen molar-refractivity contribution < 1.29 is 4.39 Å². The van der Waals surface area contributed by atoms with Crippen molar-refractivity contribution in [3.05, 3.63) is 60.0 Å². The molecule has 3 aromatic rings. The first-order chi connectivity index (χ1) is 8.25. The van der Waals surface area contributed by atoms with Gasteiger partial charge in [0, 0.05) is 17.1 Å². The molecule has 0 fully saturated rings. The Morgan fingerprint density at radius 3 is 2.71 bits per heavy atom. The van der Waals surface area contributed by atoms with Crippen molar-refractivity contribution in [2.75, 3.05) is 0 Å². The monoisotopic (exact) mass is 225 g/mol. The van der Waals surface area contributed by atoms with Crippen LogP contribution in [0.2, 0.25) is 0 Å². The predicted octanol–water partition coefficient (Wildman–Crippen LogP) is 4.28. The number of hydrogen-bond donors (Lipinski definition) is 1. The highest BCUT2D eigenvalue weighted by Crippen LogP contribution is 2.30. The number of halogens is 1. The average molecular weight is 225 g/mol. The zero-order valence-electron chi connectivity index (χ0n) is 9.50. The molecular formula is C15H12FN. The van der Waals surface area contributed by atoms with E-state index in [2.05, 4.69) is 17.1 Å². The number of benzene rings is 2. The van der Waals surface area contributed by atoms with Crippen LogP contribution in [0.5, 0.6) is 0 Å². The molecule has 1 N–H and O–H groups in total. The van der Waals surface area contributed by atoms with Crippen molar-refractivity contribution in [2.45, 2.75) is 6.92 Å². The smallest absolute Gasteiger partial charge is 0.123 e. The van der Waals surface area contributed by atoms with E-state index in [1.165, 1.54) is 16.8 Å². The molecule has 0 aliphatic carbocycles. The lowest BCUT2D eigenvalue weighted by Crippen LogP contribution is -1.85. The second-order valence-corrected chi connectivity index (χ2v) is 4.21. The van der Waals surface area contributed by atoms with Gasteiger partial charge in [0.1, 0.15) is 5.82 Å². The summed E-state index contributed by atoms with van der Waals surface area (Å²) in [6, 6.07) is 13.0. The molecule has 0 aliphatic rings. The van der Waals surface area contributed by atoms with E-state index in [9.17, 15) is 4.39 Å². The van der Waals surface area contributed by atoms with Crippen LogP contribution in [-0.2, 0) is 0 Å².